The standard InChI is InChI=1S/C23H24N4O5/c1-5-8-15-13-20(27(26-15)23-24-16-9-6-7-10-17(16)25-23)32-22(28)14-11-18(29-2)21(31-4)19(12-14)30-3/h6-7,9-13H,5,8H2,1-4H3,(H,24,25). The second-order valence-corrected chi connectivity index (χ2v) is 7.02. The number of esters is 1. The van der Waals surface area contributed by atoms with Gasteiger partial charge in [-0.1, -0.05) is 25.5 Å². The fourth-order valence-corrected chi connectivity index (χ4v) is 3.41. The van der Waals surface area contributed by atoms with Crippen molar-refractivity contribution in [3.8, 4) is 29.1 Å². The van der Waals surface area contributed by atoms with Crippen LogP contribution in [-0.2, 0) is 6.42 Å². The Labute approximate surface area is 184 Å². The second kappa shape index (κ2) is 9.01. The van der Waals surface area contributed by atoms with Crippen molar-refractivity contribution in [3.63, 3.8) is 0 Å². The molecule has 2 aromatic carbocycles. The lowest BCUT2D eigenvalue weighted by atomic mass is 10.2. The molecule has 4 aromatic rings. The monoisotopic (exact) mass is 436 g/mol. The average Bonchev–Trinajstić information content (AvgIpc) is 3.41. The van der Waals surface area contributed by atoms with Crippen molar-refractivity contribution in [2.45, 2.75) is 19.8 Å². The summed E-state index contributed by atoms with van der Waals surface area (Å²) in [5.74, 6) is 1.23. The number of H-pyrrole nitrogens is 1. The van der Waals surface area contributed by atoms with E-state index in [9.17, 15) is 4.79 Å². The van der Waals surface area contributed by atoms with Crippen LogP contribution in [0.15, 0.2) is 42.5 Å². The number of fused-ring (bicyclic) bond motifs is 1. The third kappa shape index (κ3) is 3.96. The Balaban J connectivity index is 1.72. The molecule has 0 aliphatic heterocycles. The smallest absolute Gasteiger partial charge is 0.345 e. The molecule has 0 saturated carbocycles. The molecular weight excluding hydrogens is 412 g/mol. The first-order valence-corrected chi connectivity index (χ1v) is 10.1. The molecule has 9 nitrogen and oxygen atoms in total. The van der Waals surface area contributed by atoms with Gasteiger partial charge >= 0.3 is 5.97 Å². The number of methoxy groups -OCH3 is 3. The normalized spacial score (nSPS) is 10.9. The average molecular weight is 436 g/mol. The van der Waals surface area contributed by atoms with Gasteiger partial charge in [-0.3, -0.25) is 0 Å². The summed E-state index contributed by atoms with van der Waals surface area (Å²) >= 11 is 0. The number of rotatable bonds is 8. The summed E-state index contributed by atoms with van der Waals surface area (Å²) in [6.45, 7) is 2.06. The Kier molecular flexibility index (Phi) is 5.98. The number of nitrogens with zero attached hydrogens (tertiary/aromatic N) is 3. The molecule has 4 rings (SSSR count). The first-order chi connectivity index (χ1) is 15.6. The van der Waals surface area contributed by atoms with Crippen molar-refractivity contribution in [3.05, 3.63) is 53.7 Å². The van der Waals surface area contributed by atoms with Crippen molar-refractivity contribution in [2.75, 3.05) is 21.3 Å². The van der Waals surface area contributed by atoms with E-state index < -0.39 is 5.97 Å². The number of aromatic amines is 1. The van der Waals surface area contributed by atoms with Gasteiger partial charge in [-0.25, -0.2) is 9.78 Å². The van der Waals surface area contributed by atoms with Gasteiger partial charge in [0, 0.05) is 6.07 Å². The number of aromatic nitrogens is 4. The molecule has 166 valence electrons. The van der Waals surface area contributed by atoms with E-state index in [1.165, 1.54) is 26.0 Å². The molecule has 1 N–H and O–H groups in total. The lowest BCUT2D eigenvalue weighted by Gasteiger charge is -2.13. The molecule has 32 heavy (non-hydrogen) atoms. The fraction of sp³-hybridized carbons (Fsp3) is 0.261. The van der Waals surface area contributed by atoms with E-state index in [1.54, 1.807) is 18.2 Å². The number of carbonyl (C=O) groups excluding carboxylic acids is 1. The topological polar surface area (TPSA) is 100 Å². The number of imidazole rings is 1. The number of carbonyl (C=O) groups is 1. The highest BCUT2D eigenvalue weighted by Gasteiger charge is 2.21. The largest absolute Gasteiger partial charge is 0.493 e. The lowest BCUT2D eigenvalue weighted by Crippen LogP contribution is -2.13. The zero-order valence-electron chi connectivity index (χ0n) is 18.3. The minimum Gasteiger partial charge on any atom is -0.493 e. The predicted octanol–water partition coefficient (Wildman–Crippen LogP) is 3.95. The van der Waals surface area contributed by atoms with Crippen molar-refractivity contribution < 1.29 is 23.7 Å². The molecule has 0 fully saturated rings. The predicted molar refractivity (Wildman–Crippen MR) is 118 cm³/mol. The lowest BCUT2D eigenvalue weighted by molar-refractivity contribution is 0.0721. The van der Waals surface area contributed by atoms with Crippen molar-refractivity contribution >= 4 is 17.0 Å². The quantitative estimate of drug-likeness (QED) is 0.418. The molecule has 0 aliphatic carbocycles. The van der Waals surface area contributed by atoms with Crippen molar-refractivity contribution in [2.24, 2.45) is 0 Å². The van der Waals surface area contributed by atoms with Gasteiger partial charge in [0.05, 0.1) is 43.6 Å². The highest BCUT2D eigenvalue weighted by molar-refractivity contribution is 5.92. The molecule has 0 spiro atoms. The number of benzene rings is 2. The summed E-state index contributed by atoms with van der Waals surface area (Å²) in [6.07, 6.45) is 1.64. The van der Waals surface area contributed by atoms with Crippen LogP contribution >= 0.6 is 0 Å². The van der Waals surface area contributed by atoms with Crippen LogP contribution < -0.4 is 18.9 Å². The minimum atomic E-state index is -0.593. The van der Waals surface area contributed by atoms with Gasteiger partial charge in [0.25, 0.3) is 0 Å². The maximum absolute atomic E-state index is 13.0. The van der Waals surface area contributed by atoms with Crippen LogP contribution in [0.4, 0.5) is 0 Å². The first-order valence-electron chi connectivity index (χ1n) is 10.1. The van der Waals surface area contributed by atoms with E-state index in [4.69, 9.17) is 18.9 Å². The van der Waals surface area contributed by atoms with Crippen LogP contribution in [0.2, 0.25) is 0 Å². The number of hydrogen-bond donors (Lipinski definition) is 1. The van der Waals surface area contributed by atoms with Crippen molar-refractivity contribution in [1.82, 2.24) is 19.7 Å². The fourth-order valence-electron chi connectivity index (χ4n) is 3.41. The summed E-state index contributed by atoms with van der Waals surface area (Å²) in [6, 6.07) is 12.5. The molecule has 0 unspecified atom stereocenters. The maximum Gasteiger partial charge on any atom is 0.345 e. The van der Waals surface area contributed by atoms with Gasteiger partial charge in [0.1, 0.15) is 0 Å². The van der Waals surface area contributed by atoms with Gasteiger partial charge < -0.3 is 23.9 Å². The van der Waals surface area contributed by atoms with Gasteiger partial charge in [-0.2, -0.15) is 9.78 Å². The van der Waals surface area contributed by atoms with E-state index in [0.29, 0.717) is 23.2 Å². The van der Waals surface area contributed by atoms with E-state index in [-0.39, 0.29) is 11.4 Å². The molecule has 0 atom stereocenters. The molecule has 0 aliphatic rings. The van der Waals surface area contributed by atoms with Crippen LogP contribution in [0.3, 0.4) is 0 Å². The number of nitrogens with one attached hydrogen (secondary N) is 1. The highest BCUT2D eigenvalue weighted by atomic mass is 16.5. The van der Waals surface area contributed by atoms with Crippen LogP contribution in [-0.4, -0.2) is 47.0 Å². The number of ether oxygens (including phenoxy) is 4. The molecule has 0 bridgehead atoms. The molecule has 2 heterocycles. The first kappa shape index (κ1) is 21.2. The van der Waals surface area contributed by atoms with E-state index in [2.05, 4.69) is 22.0 Å². The Morgan fingerprint density at radius 2 is 1.75 bits per heavy atom. The van der Waals surface area contributed by atoms with Crippen molar-refractivity contribution in [1.29, 1.82) is 0 Å². The number of para-hydroxylation sites is 2. The third-order valence-electron chi connectivity index (χ3n) is 4.91. The Hall–Kier alpha value is -4.01. The zero-order chi connectivity index (χ0) is 22.7. The summed E-state index contributed by atoms with van der Waals surface area (Å²) < 4.78 is 23.2. The number of aryl methyl sites for hydroxylation is 1. The molecule has 9 heteroatoms. The van der Waals surface area contributed by atoms with Crippen LogP contribution in [0.5, 0.6) is 23.1 Å². The summed E-state index contributed by atoms with van der Waals surface area (Å²) in [4.78, 5) is 20.8. The molecule has 0 amide bonds. The number of hydrogen-bond acceptors (Lipinski definition) is 7. The Bertz CT molecular complexity index is 1200. The molecule has 0 saturated heterocycles. The van der Waals surface area contributed by atoms with Gasteiger partial charge in [-0.15, -0.1) is 0 Å². The molecule has 2 aromatic heterocycles. The van der Waals surface area contributed by atoms with Gasteiger partial charge in [-0.05, 0) is 30.7 Å². The summed E-state index contributed by atoms with van der Waals surface area (Å²) in [7, 11) is 4.47. The van der Waals surface area contributed by atoms with Crippen LogP contribution in [0.25, 0.3) is 17.0 Å². The Morgan fingerprint density at radius 1 is 1.03 bits per heavy atom. The van der Waals surface area contributed by atoms with E-state index in [0.717, 1.165) is 29.6 Å². The highest BCUT2D eigenvalue weighted by Crippen LogP contribution is 2.38. The molecular formula is C23H24N4O5. The summed E-state index contributed by atoms with van der Waals surface area (Å²) in [5.41, 5.74) is 2.68. The summed E-state index contributed by atoms with van der Waals surface area (Å²) in [5, 5.41) is 4.58. The zero-order valence-corrected chi connectivity index (χ0v) is 18.3. The maximum atomic E-state index is 13.0. The van der Waals surface area contributed by atoms with E-state index >= 15 is 0 Å². The van der Waals surface area contributed by atoms with Gasteiger partial charge in [0.2, 0.25) is 17.6 Å². The SMILES string of the molecule is CCCc1cc(OC(=O)c2cc(OC)c(OC)c(OC)c2)n(-c2nc3ccccc3[nH]2)n1. The minimum absolute atomic E-state index is 0.244. The molecule has 0 radical (unpaired) electrons. The van der Waals surface area contributed by atoms with Crippen LogP contribution in [0, 0.1) is 0 Å². The Morgan fingerprint density at radius 3 is 2.38 bits per heavy atom. The van der Waals surface area contributed by atoms with Crippen LogP contribution in [0.1, 0.15) is 29.4 Å². The second-order valence-electron chi connectivity index (χ2n) is 7.02. The third-order valence-corrected chi connectivity index (χ3v) is 4.91. The van der Waals surface area contributed by atoms with E-state index in [1.807, 2.05) is 24.3 Å². The van der Waals surface area contributed by atoms with Gasteiger partial charge in [0.15, 0.2) is 11.5 Å².